The normalized spacial score (nSPS) is 24.4. The van der Waals surface area contributed by atoms with Crippen molar-refractivity contribution < 1.29 is 18.3 Å². The molecule has 36 heavy (non-hydrogen) atoms. The van der Waals surface area contributed by atoms with Crippen LogP contribution in [0.4, 0.5) is 5.95 Å². The Morgan fingerprint density at radius 1 is 1.28 bits per heavy atom. The van der Waals surface area contributed by atoms with E-state index >= 15 is 0 Å². The lowest BCUT2D eigenvalue weighted by molar-refractivity contribution is 0.0200. The van der Waals surface area contributed by atoms with Gasteiger partial charge in [0.2, 0.25) is 16.0 Å². The zero-order valence-corrected chi connectivity index (χ0v) is 22.8. The van der Waals surface area contributed by atoms with Crippen LogP contribution in [0, 0.1) is 6.92 Å². The molecule has 1 aliphatic heterocycles. The molecule has 3 heterocycles. The summed E-state index contributed by atoms with van der Waals surface area (Å²) in [5, 5.41) is 15.0. The van der Waals surface area contributed by atoms with Crippen molar-refractivity contribution in [2.75, 3.05) is 31.3 Å². The van der Waals surface area contributed by atoms with Crippen LogP contribution in [0.25, 0.3) is 11.0 Å². The highest BCUT2D eigenvalue weighted by molar-refractivity contribution is 7.89. The third kappa shape index (κ3) is 5.58. The van der Waals surface area contributed by atoms with E-state index < -0.39 is 21.2 Å². The number of anilines is 1. The molecule has 11 heteroatoms. The maximum atomic E-state index is 13.1. The highest BCUT2D eigenvalue weighted by Crippen LogP contribution is 2.39. The first kappa shape index (κ1) is 27.0. The first-order valence-corrected chi connectivity index (χ1v) is 14.3. The number of hydrogen-bond acceptors (Lipinski definition) is 8. The van der Waals surface area contributed by atoms with E-state index in [0.29, 0.717) is 62.4 Å². The largest absolute Gasteiger partial charge is 0.388 e. The molecule has 0 bridgehead atoms. The third-order valence-corrected chi connectivity index (χ3v) is 9.71. The predicted octanol–water partition coefficient (Wildman–Crippen LogP) is 2.60. The summed E-state index contributed by atoms with van der Waals surface area (Å²) in [6.45, 7) is 8.18. The minimum Gasteiger partial charge on any atom is -0.388 e. The topological polar surface area (TPSA) is 127 Å². The van der Waals surface area contributed by atoms with Crippen molar-refractivity contribution in [3.05, 3.63) is 28.2 Å². The molecule has 200 valence electrons. The maximum absolute atomic E-state index is 13.1. The van der Waals surface area contributed by atoms with E-state index in [1.165, 1.54) is 0 Å². The minimum absolute atomic E-state index is 0.0181. The molecular weight excluding hydrogens is 482 g/mol. The van der Waals surface area contributed by atoms with Gasteiger partial charge in [0.1, 0.15) is 5.65 Å². The Balaban J connectivity index is 1.49. The number of piperidine rings is 1. The van der Waals surface area contributed by atoms with E-state index in [2.05, 4.69) is 10.3 Å². The molecule has 2 N–H and O–H groups in total. The van der Waals surface area contributed by atoms with Crippen molar-refractivity contribution in [3.8, 4) is 0 Å². The average Bonchev–Trinajstić information content (AvgIpc) is 3.18. The number of nitrogens with zero attached hydrogens (tertiary/aromatic N) is 4. The van der Waals surface area contributed by atoms with Crippen LogP contribution < -0.4 is 10.9 Å². The van der Waals surface area contributed by atoms with Gasteiger partial charge in [-0.3, -0.25) is 9.36 Å². The molecule has 2 aromatic rings. The highest BCUT2D eigenvalue weighted by Gasteiger charge is 2.39. The van der Waals surface area contributed by atoms with Gasteiger partial charge in [-0.25, -0.2) is 17.7 Å². The lowest BCUT2D eigenvalue weighted by atomic mass is 9.99. The summed E-state index contributed by atoms with van der Waals surface area (Å²) < 4.78 is 34.2. The number of sulfonamides is 1. The lowest BCUT2D eigenvalue weighted by Gasteiger charge is -2.32. The first-order valence-electron chi connectivity index (χ1n) is 12.7. The monoisotopic (exact) mass is 521 g/mol. The molecule has 0 spiro atoms. The van der Waals surface area contributed by atoms with Crippen molar-refractivity contribution in [2.24, 2.45) is 0 Å². The van der Waals surface area contributed by atoms with Crippen LogP contribution in [-0.2, 0) is 14.8 Å². The summed E-state index contributed by atoms with van der Waals surface area (Å²) in [5.74, 6) is 0.460. The van der Waals surface area contributed by atoms with Gasteiger partial charge in [-0.05, 0) is 72.3 Å². The van der Waals surface area contributed by atoms with Crippen LogP contribution in [0.1, 0.15) is 70.9 Å². The summed E-state index contributed by atoms with van der Waals surface area (Å²) >= 11 is 0. The Morgan fingerprint density at radius 3 is 2.58 bits per heavy atom. The average molecular weight is 522 g/mol. The van der Waals surface area contributed by atoms with Gasteiger partial charge < -0.3 is 15.2 Å². The van der Waals surface area contributed by atoms with Crippen molar-refractivity contribution in [1.82, 2.24) is 18.8 Å². The summed E-state index contributed by atoms with van der Waals surface area (Å²) in [6, 6.07) is 1.46. The van der Waals surface area contributed by atoms with Crippen molar-refractivity contribution in [3.63, 3.8) is 0 Å². The van der Waals surface area contributed by atoms with E-state index in [1.807, 2.05) is 13.8 Å². The Bertz CT molecular complexity index is 1270. The van der Waals surface area contributed by atoms with Crippen LogP contribution in [0.3, 0.4) is 0 Å². The number of aryl methyl sites for hydroxylation is 1. The molecule has 2 aliphatic rings. The maximum Gasteiger partial charge on any atom is 0.255 e. The molecule has 1 saturated carbocycles. The minimum atomic E-state index is -3.35. The predicted molar refractivity (Wildman–Crippen MR) is 140 cm³/mol. The SMILES string of the molecule is COC(C)(C)CCS(=O)(=O)N1CCC(Nc2ncc3cc(C)c(=O)n([C@H]4CCC[C@]4(C)O)c3n2)CC1. The zero-order valence-electron chi connectivity index (χ0n) is 22.0. The highest BCUT2D eigenvalue weighted by atomic mass is 32.2. The van der Waals surface area contributed by atoms with Crippen LogP contribution in [0.15, 0.2) is 17.1 Å². The number of nitrogens with one attached hydrogen (secondary N) is 1. The summed E-state index contributed by atoms with van der Waals surface area (Å²) in [6.07, 6.45) is 5.60. The van der Waals surface area contributed by atoms with E-state index in [1.54, 1.807) is 42.1 Å². The van der Waals surface area contributed by atoms with Gasteiger partial charge in [-0.15, -0.1) is 0 Å². The van der Waals surface area contributed by atoms with Gasteiger partial charge in [-0.1, -0.05) is 0 Å². The second-order valence-electron chi connectivity index (χ2n) is 11.1. The number of aliphatic hydroxyl groups is 1. The van der Waals surface area contributed by atoms with E-state index in [4.69, 9.17) is 9.72 Å². The quantitative estimate of drug-likeness (QED) is 0.543. The molecule has 0 unspecified atom stereocenters. The Hall–Kier alpha value is -2.08. The third-order valence-electron chi connectivity index (χ3n) is 7.84. The smallest absolute Gasteiger partial charge is 0.255 e. The number of methoxy groups -OCH3 is 1. The van der Waals surface area contributed by atoms with Gasteiger partial charge in [0.15, 0.2) is 0 Å². The first-order chi connectivity index (χ1) is 16.8. The summed E-state index contributed by atoms with van der Waals surface area (Å²) in [7, 11) is -1.76. The molecule has 0 aromatic carbocycles. The molecular formula is C25H39N5O5S. The molecule has 1 aliphatic carbocycles. The van der Waals surface area contributed by atoms with E-state index in [-0.39, 0.29) is 23.4 Å². The second-order valence-corrected chi connectivity index (χ2v) is 13.2. The molecule has 4 rings (SSSR count). The van der Waals surface area contributed by atoms with Crippen LogP contribution in [0.2, 0.25) is 0 Å². The zero-order chi connectivity index (χ0) is 26.3. The van der Waals surface area contributed by atoms with Gasteiger partial charge >= 0.3 is 0 Å². The van der Waals surface area contributed by atoms with Gasteiger partial charge in [0.25, 0.3) is 5.56 Å². The fraction of sp³-hybridized carbons (Fsp3) is 0.720. The van der Waals surface area contributed by atoms with E-state index in [9.17, 15) is 18.3 Å². The molecule has 2 aromatic heterocycles. The number of aromatic nitrogens is 3. The summed E-state index contributed by atoms with van der Waals surface area (Å²) in [5.41, 5.74) is -0.492. The molecule has 2 atom stereocenters. The number of ether oxygens (including phenoxy) is 1. The fourth-order valence-corrected chi connectivity index (χ4v) is 7.00. The number of hydrogen-bond donors (Lipinski definition) is 2. The number of pyridine rings is 1. The summed E-state index contributed by atoms with van der Waals surface area (Å²) in [4.78, 5) is 22.3. The standard InChI is InChI=1S/C25H39N5O5S/c1-17-15-18-16-26-23(28-21(18)30(22(17)31)20-7-6-10-25(20,4)32)27-19-8-12-29(13-9-19)36(33,34)14-11-24(2,3)35-5/h15-16,19-20,32H,6-14H2,1-5H3,(H,26,27,28)/t20-,25-/m0/s1. The van der Waals surface area contributed by atoms with E-state index in [0.717, 1.165) is 11.8 Å². The molecule has 0 radical (unpaired) electrons. The number of fused-ring (bicyclic) bond motifs is 1. The van der Waals surface area contributed by atoms with Crippen LogP contribution in [0.5, 0.6) is 0 Å². The Morgan fingerprint density at radius 2 is 1.97 bits per heavy atom. The molecule has 10 nitrogen and oxygen atoms in total. The van der Waals surface area contributed by atoms with Crippen LogP contribution in [-0.4, -0.2) is 75.6 Å². The molecule has 2 fully saturated rings. The molecule has 0 amide bonds. The van der Waals surface area contributed by atoms with Gasteiger partial charge in [0, 0.05) is 43.4 Å². The second kappa shape index (κ2) is 10.00. The van der Waals surface area contributed by atoms with Gasteiger partial charge in [-0.2, -0.15) is 4.98 Å². The fourth-order valence-electron chi connectivity index (χ4n) is 5.22. The van der Waals surface area contributed by atoms with Crippen molar-refractivity contribution in [1.29, 1.82) is 0 Å². The Labute approximate surface area is 213 Å². The van der Waals surface area contributed by atoms with Crippen molar-refractivity contribution in [2.45, 2.75) is 89.5 Å². The van der Waals surface area contributed by atoms with Crippen molar-refractivity contribution >= 4 is 27.0 Å². The Kier molecular flexibility index (Phi) is 7.49. The molecule has 1 saturated heterocycles. The van der Waals surface area contributed by atoms with Gasteiger partial charge in [0.05, 0.1) is 23.0 Å². The lowest BCUT2D eigenvalue weighted by Crippen LogP contribution is -2.44. The number of rotatable bonds is 8. The van der Waals surface area contributed by atoms with Crippen LogP contribution >= 0.6 is 0 Å².